The minimum Gasteiger partial charge on any atom is -0.493 e. The van der Waals surface area contributed by atoms with Crippen LogP contribution in [-0.4, -0.2) is 56.8 Å². The van der Waals surface area contributed by atoms with Crippen molar-refractivity contribution in [2.45, 2.75) is 44.4 Å². The highest BCUT2D eigenvalue weighted by molar-refractivity contribution is 5.43. The van der Waals surface area contributed by atoms with Gasteiger partial charge in [0.15, 0.2) is 11.5 Å². The summed E-state index contributed by atoms with van der Waals surface area (Å²) in [7, 11) is 7.72. The SMILES string of the molecule is COc1ccc(CN2Cc3ccccc3OC3(CCC(CN(C)C)CC3)C2)cc1OC. The lowest BCUT2D eigenvalue weighted by Crippen LogP contribution is -2.48. The molecule has 0 atom stereocenters. The molecule has 0 aromatic heterocycles. The van der Waals surface area contributed by atoms with Gasteiger partial charge in [-0.25, -0.2) is 0 Å². The van der Waals surface area contributed by atoms with Gasteiger partial charge < -0.3 is 19.1 Å². The van der Waals surface area contributed by atoms with Crippen molar-refractivity contribution in [3.63, 3.8) is 0 Å². The third kappa shape index (κ3) is 5.16. The maximum absolute atomic E-state index is 6.79. The first-order valence-corrected chi connectivity index (χ1v) is 11.4. The highest BCUT2D eigenvalue weighted by Crippen LogP contribution is 2.40. The predicted molar refractivity (Wildman–Crippen MR) is 124 cm³/mol. The number of benzene rings is 2. The van der Waals surface area contributed by atoms with Crippen LogP contribution in [0.5, 0.6) is 17.2 Å². The summed E-state index contributed by atoms with van der Waals surface area (Å²) >= 11 is 0. The molecule has 1 fully saturated rings. The summed E-state index contributed by atoms with van der Waals surface area (Å²) in [6, 6.07) is 14.8. The number of ether oxygens (including phenoxy) is 3. The average molecular weight is 425 g/mol. The topological polar surface area (TPSA) is 34.2 Å². The Kier molecular flexibility index (Phi) is 6.73. The van der Waals surface area contributed by atoms with E-state index in [1.165, 1.54) is 30.5 Å². The van der Waals surface area contributed by atoms with Crippen molar-refractivity contribution >= 4 is 0 Å². The summed E-state index contributed by atoms with van der Waals surface area (Å²) in [6.45, 7) is 3.88. The van der Waals surface area contributed by atoms with Crippen molar-refractivity contribution in [3.8, 4) is 17.2 Å². The van der Waals surface area contributed by atoms with E-state index in [-0.39, 0.29) is 5.60 Å². The second kappa shape index (κ2) is 9.49. The molecule has 1 spiro atoms. The van der Waals surface area contributed by atoms with Gasteiger partial charge in [0.2, 0.25) is 0 Å². The summed E-state index contributed by atoms with van der Waals surface area (Å²) in [6.07, 6.45) is 4.68. The van der Waals surface area contributed by atoms with E-state index in [0.29, 0.717) is 0 Å². The molecule has 0 radical (unpaired) electrons. The van der Waals surface area contributed by atoms with Gasteiger partial charge in [-0.15, -0.1) is 0 Å². The maximum Gasteiger partial charge on any atom is 0.161 e. The largest absolute Gasteiger partial charge is 0.493 e. The molecule has 1 heterocycles. The Bertz CT molecular complexity index is 875. The van der Waals surface area contributed by atoms with Gasteiger partial charge in [-0.1, -0.05) is 24.3 Å². The molecule has 4 rings (SSSR count). The number of rotatable bonds is 6. The van der Waals surface area contributed by atoms with Crippen molar-refractivity contribution in [1.82, 2.24) is 9.80 Å². The smallest absolute Gasteiger partial charge is 0.161 e. The van der Waals surface area contributed by atoms with Crippen molar-refractivity contribution < 1.29 is 14.2 Å². The van der Waals surface area contributed by atoms with E-state index >= 15 is 0 Å². The maximum atomic E-state index is 6.79. The molecule has 0 saturated heterocycles. The van der Waals surface area contributed by atoms with Gasteiger partial charge in [-0.2, -0.15) is 0 Å². The number of fused-ring (bicyclic) bond motifs is 1. The number of methoxy groups -OCH3 is 2. The summed E-state index contributed by atoms with van der Waals surface area (Å²) in [4.78, 5) is 4.86. The van der Waals surface area contributed by atoms with Crippen LogP contribution < -0.4 is 14.2 Å². The molecule has 0 unspecified atom stereocenters. The second-order valence-corrected chi connectivity index (χ2v) is 9.43. The molecule has 5 nitrogen and oxygen atoms in total. The highest BCUT2D eigenvalue weighted by atomic mass is 16.5. The quantitative estimate of drug-likeness (QED) is 0.678. The molecule has 2 aromatic rings. The normalized spacial score (nSPS) is 23.8. The van der Waals surface area contributed by atoms with Crippen LogP contribution in [0.2, 0.25) is 0 Å². The van der Waals surface area contributed by atoms with E-state index in [1.54, 1.807) is 14.2 Å². The van der Waals surface area contributed by atoms with E-state index in [1.807, 2.05) is 6.07 Å². The van der Waals surface area contributed by atoms with E-state index < -0.39 is 0 Å². The predicted octanol–water partition coefficient (Wildman–Crippen LogP) is 4.59. The summed E-state index contributed by atoms with van der Waals surface area (Å²) < 4.78 is 17.7. The first-order valence-electron chi connectivity index (χ1n) is 11.4. The molecule has 0 bridgehead atoms. The summed E-state index contributed by atoms with van der Waals surface area (Å²) in [5, 5.41) is 0. The molecular weight excluding hydrogens is 388 g/mol. The zero-order valence-corrected chi connectivity index (χ0v) is 19.4. The molecule has 168 valence electrons. The monoisotopic (exact) mass is 424 g/mol. The minimum absolute atomic E-state index is 0.105. The van der Waals surface area contributed by atoms with Crippen molar-refractivity contribution in [2.24, 2.45) is 5.92 Å². The number of hydrogen-bond donors (Lipinski definition) is 0. The first kappa shape index (κ1) is 22.0. The van der Waals surface area contributed by atoms with Crippen LogP contribution in [0.3, 0.4) is 0 Å². The molecule has 31 heavy (non-hydrogen) atoms. The van der Waals surface area contributed by atoms with Crippen molar-refractivity contribution in [3.05, 3.63) is 53.6 Å². The number of para-hydroxylation sites is 1. The van der Waals surface area contributed by atoms with Crippen LogP contribution in [0.1, 0.15) is 36.8 Å². The Morgan fingerprint density at radius 3 is 2.48 bits per heavy atom. The fourth-order valence-electron chi connectivity index (χ4n) is 5.22. The number of hydrogen-bond acceptors (Lipinski definition) is 5. The molecule has 1 saturated carbocycles. The van der Waals surface area contributed by atoms with E-state index in [2.05, 4.69) is 60.3 Å². The summed E-state index contributed by atoms with van der Waals surface area (Å²) in [5.74, 6) is 3.38. The van der Waals surface area contributed by atoms with Gasteiger partial charge in [-0.05, 0) is 69.5 Å². The van der Waals surface area contributed by atoms with Crippen molar-refractivity contribution in [2.75, 3.05) is 41.4 Å². The second-order valence-electron chi connectivity index (χ2n) is 9.43. The molecule has 5 heteroatoms. The van der Waals surface area contributed by atoms with E-state index in [4.69, 9.17) is 14.2 Å². The van der Waals surface area contributed by atoms with E-state index in [0.717, 1.165) is 55.6 Å². The first-order chi connectivity index (χ1) is 15.0. The van der Waals surface area contributed by atoms with Crippen LogP contribution in [0.25, 0.3) is 0 Å². The van der Waals surface area contributed by atoms with Gasteiger partial charge in [0.1, 0.15) is 11.4 Å². The van der Waals surface area contributed by atoms with Gasteiger partial charge in [0, 0.05) is 31.7 Å². The summed E-state index contributed by atoms with van der Waals surface area (Å²) in [5.41, 5.74) is 2.40. The Morgan fingerprint density at radius 2 is 1.77 bits per heavy atom. The average Bonchev–Trinajstić information content (AvgIpc) is 2.91. The standard InChI is InChI=1S/C26H36N2O3/c1-27(2)16-20-11-13-26(14-12-20)19-28(18-22-7-5-6-8-23(22)31-26)17-21-9-10-24(29-3)25(15-21)30-4/h5-10,15,20H,11-14,16-19H2,1-4H3. The zero-order chi connectivity index (χ0) is 21.8. The van der Waals surface area contributed by atoms with Gasteiger partial charge >= 0.3 is 0 Å². The van der Waals surface area contributed by atoms with Gasteiger partial charge in [-0.3, -0.25) is 4.90 Å². The molecular formula is C26H36N2O3. The lowest BCUT2D eigenvalue weighted by Gasteiger charge is -2.42. The van der Waals surface area contributed by atoms with Crippen LogP contribution in [0.15, 0.2) is 42.5 Å². The lowest BCUT2D eigenvalue weighted by atomic mass is 9.78. The Hall–Kier alpha value is -2.24. The third-order valence-electron chi connectivity index (χ3n) is 6.70. The number of nitrogens with zero attached hydrogens (tertiary/aromatic N) is 2. The minimum atomic E-state index is -0.105. The Morgan fingerprint density at radius 1 is 1.03 bits per heavy atom. The lowest BCUT2D eigenvalue weighted by molar-refractivity contribution is -0.0114. The fourth-order valence-corrected chi connectivity index (χ4v) is 5.22. The van der Waals surface area contributed by atoms with Crippen LogP contribution in [0, 0.1) is 5.92 Å². The Labute approximate surface area is 186 Å². The third-order valence-corrected chi connectivity index (χ3v) is 6.70. The molecule has 0 N–H and O–H groups in total. The Balaban J connectivity index is 1.56. The molecule has 0 amide bonds. The van der Waals surface area contributed by atoms with Gasteiger partial charge in [0.25, 0.3) is 0 Å². The van der Waals surface area contributed by atoms with Crippen LogP contribution >= 0.6 is 0 Å². The molecule has 2 aliphatic rings. The van der Waals surface area contributed by atoms with E-state index in [9.17, 15) is 0 Å². The van der Waals surface area contributed by atoms with Crippen LogP contribution in [-0.2, 0) is 13.1 Å². The van der Waals surface area contributed by atoms with Gasteiger partial charge in [0.05, 0.1) is 14.2 Å². The molecule has 2 aromatic carbocycles. The molecule has 1 aliphatic carbocycles. The van der Waals surface area contributed by atoms with Crippen LogP contribution in [0.4, 0.5) is 0 Å². The zero-order valence-electron chi connectivity index (χ0n) is 19.4. The fraction of sp³-hybridized carbons (Fsp3) is 0.538. The molecule has 1 aliphatic heterocycles. The highest BCUT2D eigenvalue weighted by Gasteiger charge is 2.41. The van der Waals surface area contributed by atoms with Crippen molar-refractivity contribution in [1.29, 1.82) is 0 Å².